The number of nitrogens with zero attached hydrogens (tertiary/aromatic N) is 12. The number of carboxylic acid groups (broad SMARTS) is 1. The van der Waals surface area contributed by atoms with Gasteiger partial charge in [0.2, 0.25) is 5.56 Å². The maximum atomic E-state index is 11.2. The first-order valence-electron chi connectivity index (χ1n) is 29.7. The van der Waals surface area contributed by atoms with Crippen molar-refractivity contribution >= 4 is 79.1 Å². The summed E-state index contributed by atoms with van der Waals surface area (Å²) in [5, 5.41) is 59.6. The Kier molecular flexibility index (Phi) is 18.5. The molecule has 0 aliphatic rings. The van der Waals surface area contributed by atoms with Crippen LogP contribution in [0.4, 0.5) is 0 Å². The number of aliphatic hydroxyl groups excluding tert-OH is 1. The Labute approximate surface area is 562 Å². The molecule has 0 saturated heterocycles. The molecular formula is C74H49N13O9S2. The first kappa shape index (κ1) is 63.5. The third kappa shape index (κ3) is 14.9. The summed E-state index contributed by atoms with van der Waals surface area (Å²) in [7, 11) is 0. The lowest BCUT2D eigenvalue weighted by Gasteiger charge is -2.06. The van der Waals surface area contributed by atoms with Gasteiger partial charge in [-0.2, -0.15) is 0 Å². The van der Waals surface area contributed by atoms with E-state index in [1.165, 1.54) is 28.7 Å². The van der Waals surface area contributed by atoms with E-state index in [4.69, 9.17) is 5.11 Å². The Morgan fingerprint density at radius 1 is 0.378 bits per heavy atom. The summed E-state index contributed by atoms with van der Waals surface area (Å²) in [5.41, 5.74) is 16.6. The summed E-state index contributed by atoms with van der Waals surface area (Å²) in [6.07, 6.45) is 16.1. The van der Waals surface area contributed by atoms with Crippen molar-refractivity contribution in [2.24, 2.45) is 0 Å². The second-order valence-electron chi connectivity index (χ2n) is 21.6. The number of aromatic nitrogens is 13. The zero-order valence-electron chi connectivity index (χ0n) is 50.9. The molecule has 16 rings (SSSR count). The van der Waals surface area contributed by atoms with Gasteiger partial charge in [0.05, 0.1) is 58.3 Å². The predicted octanol–water partition coefficient (Wildman–Crippen LogP) is 14.1. The van der Waals surface area contributed by atoms with Gasteiger partial charge < -0.3 is 35.6 Å². The highest BCUT2D eigenvalue weighted by molar-refractivity contribution is 7.12. The third-order valence-corrected chi connectivity index (χ3v) is 16.8. The van der Waals surface area contributed by atoms with Gasteiger partial charge >= 0.3 is 5.97 Å². The largest absolute Gasteiger partial charge is 0.508 e. The number of benzene rings is 5. The summed E-state index contributed by atoms with van der Waals surface area (Å²) in [6.45, 7) is 0.00200. The maximum Gasteiger partial charge on any atom is 0.345 e. The molecule has 11 aromatic heterocycles. The number of carboxylic acids is 1. The first-order chi connectivity index (χ1) is 47.7. The van der Waals surface area contributed by atoms with Crippen LogP contribution in [-0.2, 0) is 6.61 Å². The Balaban J connectivity index is 0.000000118. The summed E-state index contributed by atoms with van der Waals surface area (Å²) >= 11 is 2.54. The van der Waals surface area contributed by atoms with Crippen LogP contribution in [0.3, 0.4) is 0 Å². The molecule has 0 fully saturated rings. The smallest absolute Gasteiger partial charge is 0.345 e. The van der Waals surface area contributed by atoms with E-state index in [1.807, 2.05) is 66.0 Å². The van der Waals surface area contributed by atoms with Gasteiger partial charge in [-0.15, -0.1) is 22.7 Å². The van der Waals surface area contributed by atoms with Crippen molar-refractivity contribution in [2.75, 3.05) is 0 Å². The summed E-state index contributed by atoms with van der Waals surface area (Å²) < 4.78 is 0. The van der Waals surface area contributed by atoms with Crippen LogP contribution in [0.25, 0.3) is 134 Å². The third-order valence-electron chi connectivity index (χ3n) is 15.0. The van der Waals surface area contributed by atoms with Crippen LogP contribution >= 0.6 is 22.7 Å². The van der Waals surface area contributed by atoms with Crippen LogP contribution < -0.4 is 5.56 Å². The van der Waals surface area contributed by atoms with Gasteiger partial charge in [-0.05, 0) is 167 Å². The van der Waals surface area contributed by atoms with Crippen molar-refractivity contribution in [1.82, 2.24) is 64.8 Å². The summed E-state index contributed by atoms with van der Waals surface area (Å²) in [6, 6.07) is 49.0. The van der Waals surface area contributed by atoms with Gasteiger partial charge in [0.15, 0.2) is 29.6 Å². The molecule has 0 saturated carbocycles. The van der Waals surface area contributed by atoms with Crippen LogP contribution in [-0.4, -0.2) is 108 Å². The number of pyridine rings is 5. The molecule has 5 aromatic carbocycles. The van der Waals surface area contributed by atoms with Gasteiger partial charge in [-0.1, -0.05) is 30.3 Å². The molecule has 22 nitrogen and oxygen atoms in total. The molecule has 16 aromatic rings. The molecule has 0 aliphatic carbocycles. The van der Waals surface area contributed by atoms with Crippen LogP contribution in [0.15, 0.2) is 241 Å². The lowest BCUT2D eigenvalue weighted by molar-refractivity contribution is 0.0702. The molecule has 0 bridgehead atoms. The molecule has 0 atom stereocenters. The van der Waals surface area contributed by atoms with Crippen LogP contribution in [0.5, 0.6) is 23.0 Å². The molecule has 98 heavy (non-hydrogen) atoms. The summed E-state index contributed by atoms with van der Waals surface area (Å²) in [5.74, 6) is 2.10. The van der Waals surface area contributed by atoms with E-state index in [1.54, 1.807) is 164 Å². The van der Waals surface area contributed by atoms with E-state index in [0.29, 0.717) is 61.3 Å². The van der Waals surface area contributed by atoms with E-state index in [-0.39, 0.29) is 40.0 Å². The zero-order chi connectivity index (χ0) is 67.7. The highest BCUT2D eigenvalue weighted by atomic mass is 32.1. The van der Waals surface area contributed by atoms with Gasteiger partial charge in [0, 0.05) is 86.9 Å². The molecule has 0 aliphatic heterocycles. The van der Waals surface area contributed by atoms with Crippen molar-refractivity contribution in [1.29, 1.82) is 0 Å². The fourth-order valence-corrected chi connectivity index (χ4v) is 11.4. The fourth-order valence-electron chi connectivity index (χ4n) is 9.92. The average molecular weight is 1330 g/mol. The molecule has 476 valence electrons. The highest BCUT2D eigenvalue weighted by Gasteiger charge is 2.14. The van der Waals surface area contributed by atoms with Crippen molar-refractivity contribution in [3.8, 4) is 113 Å². The van der Waals surface area contributed by atoms with Crippen molar-refractivity contribution in [3.63, 3.8) is 0 Å². The quantitative estimate of drug-likeness (QED) is 0.0591. The molecule has 11 heterocycles. The molecular weight excluding hydrogens is 1280 g/mol. The second-order valence-corrected chi connectivity index (χ2v) is 23.5. The lowest BCUT2D eigenvalue weighted by atomic mass is 10.0. The van der Waals surface area contributed by atoms with Gasteiger partial charge in [-0.3, -0.25) is 29.5 Å². The number of aldehydes is 1. The number of hydrogen-bond donors (Lipinski definition) is 7. The number of aromatic amines is 1. The minimum atomic E-state index is -0.943. The van der Waals surface area contributed by atoms with Crippen molar-refractivity contribution in [3.05, 3.63) is 262 Å². The van der Waals surface area contributed by atoms with Crippen LogP contribution in [0.2, 0.25) is 0 Å². The van der Waals surface area contributed by atoms with E-state index in [9.17, 15) is 39.9 Å². The number of H-pyrrole nitrogens is 1. The Hall–Kier alpha value is -13.3. The number of nitrogens with one attached hydrogen (secondary N) is 1. The monoisotopic (exact) mass is 1330 g/mol. The molecule has 0 amide bonds. The van der Waals surface area contributed by atoms with E-state index >= 15 is 0 Å². The van der Waals surface area contributed by atoms with Crippen LogP contribution in [0.1, 0.15) is 24.9 Å². The summed E-state index contributed by atoms with van der Waals surface area (Å²) in [4.78, 5) is 89.7. The number of carbonyl (C=O) groups excluding carboxylic acids is 1. The van der Waals surface area contributed by atoms with Crippen LogP contribution in [0, 0.1) is 0 Å². The SMILES string of the molecule is O=C(O)c1cc(-c2cnc3cnc(-c4ccc(O)cc4)nc3c2)cs1.O=Cc1cc(-c2ncc3ncc(-c4ccc(O)cc4)cc3n2)cs1.O=c1ccc(-c2cnc3cnc(-c4ccc(O)cc4)nc3c2)c[nH]1.OCc1cccc(-c2cnc3cnc(-c4ccc(O)cc4)nc3c2)c1. The second kappa shape index (κ2) is 28.5. The Morgan fingerprint density at radius 2 is 0.765 bits per heavy atom. The average Bonchev–Trinajstić information content (AvgIpc) is 1.23. The number of aromatic carboxylic acids is 1. The van der Waals surface area contributed by atoms with E-state index in [0.717, 1.165) is 89.6 Å². The van der Waals surface area contributed by atoms with Gasteiger partial charge in [-0.25, -0.2) is 44.7 Å². The van der Waals surface area contributed by atoms with Crippen molar-refractivity contribution < 1.29 is 40.2 Å². The molecule has 24 heteroatoms. The molecule has 7 N–H and O–H groups in total. The molecule has 0 radical (unpaired) electrons. The molecule has 0 unspecified atom stereocenters. The fraction of sp³-hybridized carbons (Fsp3) is 0.0135. The Bertz CT molecular complexity index is 5650. The molecule has 0 spiro atoms. The topological polar surface area (TPSA) is 343 Å². The first-order valence-corrected chi connectivity index (χ1v) is 31.4. The number of rotatable bonds is 11. The minimum Gasteiger partial charge on any atom is -0.508 e. The predicted molar refractivity (Wildman–Crippen MR) is 374 cm³/mol. The van der Waals surface area contributed by atoms with Gasteiger partial charge in [0.1, 0.15) is 49.9 Å². The van der Waals surface area contributed by atoms with Gasteiger partial charge in [0.25, 0.3) is 0 Å². The number of phenols is 4. The maximum absolute atomic E-state index is 11.2. The number of thiophene rings is 2. The Morgan fingerprint density at radius 3 is 1.15 bits per heavy atom. The number of hydrogen-bond acceptors (Lipinski definition) is 22. The zero-order valence-corrected chi connectivity index (χ0v) is 52.5. The minimum absolute atomic E-state index is 0.00200. The van der Waals surface area contributed by atoms with E-state index in [2.05, 4.69) is 64.8 Å². The number of fused-ring (bicyclic) bond motifs is 4. The normalized spacial score (nSPS) is 10.9. The number of aliphatic hydroxyl groups is 1. The van der Waals surface area contributed by atoms with Crippen molar-refractivity contribution in [2.45, 2.75) is 6.61 Å². The highest BCUT2D eigenvalue weighted by Crippen LogP contribution is 2.32. The lowest BCUT2D eigenvalue weighted by Crippen LogP contribution is -2.01. The standard InChI is InChI=1S/C20H15N3O2.C18H12N4O2.C18H11N3O3S.C18H11N3O2S/c24-12-13-2-1-3-15(8-13)16-9-18-19(21-10-16)11-22-20(23-18)14-4-6-17(25)7-5-14;23-14-4-1-11(2-5-14)18-21-10-16-15(22-18)7-13(9-19-16)12-3-6-17(24)20-8-12;22-13-3-1-10(2-4-13)17-20-8-15-14(21-17)5-11(7-19-15)12-6-16(18(23)24)25-9-12;22-9-15-5-13(10-24-15)18-20-8-17-16(21-18)6-12(7-19-17)11-1-3-14(23)4-2-11/h1-11,24-25H,12H2;1-10,23H,(H,20,24);1-9,22H,(H,23,24);1-10,23H. The number of carbonyl (C=O) groups is 2. The number of aromatic hydroxyl groups is 4. The van der Waals surface area contributed by atoms with E-state index < -0.39 is 5.97 Å². The number of phenolic OH excluding ortho intramolecular Hbond substituents is 4.